The van der Waals surface area contributed by atoms with Crippen LogP contribution in [0.15, 0.2) is 85.1 Å². The van der Waals surface area contributed by atoms with Gasteiger partial charge in [-0.25, -0.2) is 4.57 Å². The van der Waals surface area contributed by atoms with Crippen LogP contribution >= 0.6 is 7.82 Å². The van der Waals surface area contributed by atoms with E-state index in [4.69, 9.17) is 24.3 Å². The van der Waals surface area contributed by atoms with E-state index in [-0.39, 0.29) is 50.9 Å². The summed E-state index contributed by atoms with van der Waals surface area (Å²) in [5.41, 5.74) is 5.34. The highest BCUT2D eigenvalue weighted by Gasteiger charge is 2.39. The van der Waals surface area contributed by atoms with Crippen molar-refractivity contribution in [1.29, 1.82) is 0 Å². The molecule has 0 heterocycles. The average molecular weight is 836 g/mol. The van der Waals surface area contributed by atoms with Crippen molar-refractivity contribution in [2.24, 2.45) is 17.6 Å². The third kappa shape index (κ3) is 28.5. The maximum Gasteiger partial charge on any atom is 0.472 e. The highest BCUT2D eigenvalue weighted by atomic mass is 31.2. The number of allylic oxidation sites excluding steroid dienone is 12. The SMILES string of the molecule is CC/C=C\C/C=C\C/C=C\C/C=C\C/C=C\CCCC(=O)OC[C@H](COP(=O)(O)OCCN)OC(=O)CCC/C=C/C[C@@H]1[C@@H](/C=C/[C@@H](O)CCCCC)[C@H](O)C[C@@H]1O. The quantitative estimate of drug-likeness (QED) is 0.0180. The van der Waals surface area contributed by atoms with Crippen molar-refractivity contribution in [3.8, 4) is 0 Å². The van der Waals surface area contributed by atoms with E-state index in [0.717, 1.165) is 51.4 Å². The summed E-state index contributed by atoms with van der Waals surface area (Å²) in [6.07, 6.45) is 37.2. The zero-order valence-electron chi connectivity index (χ0n) is 35.1. The number of hydrogen-bond acceptors (Lipinski definition) is 11. The molecule has 7 atom stereocenters. The molecule has 0 amide bonds. The van der Waals surface area contributed by atoms with Crippen molar-refractivity contribution in [2.75, 3.05) is 26.4 Å². The van der Waals surface area contributed by atoms with Gasteiger partial charge in [0.25, 0.3) is 0 Å². The number of hydrogen-bond donors (Lipinski definition) is 5. The minimum atomic E-state index is -4.46. The fourth-order valence-corrected chi connectivity index (χ4v) is 6.90. The standard InChI is InChI=1S/C45H74NO11P/c1-3-5-7-8-9-10-11-12-13-14-15-16-17-18-19-20-25-29-44(50)54-36-39(37-56-58(52,53)55-34-33-46)57-45(51)30-26-22-21-24-28-40-41(43(49)35-42(40)48)32-31-38(47)27-23-6-4-2/h5,7,9-10,12-13,15-16,18-19,21,24,31-32,38-43,47-49H,3-4,6,8,11,14,17,20,22-23,25-30,33-37,46H2,1-2H3,(H,52,53)/b7-5-,10-9-,13-12-,16-15-,19-18-,24-21+,32-31+/t38-,39+,40+,41+,42-,43+/m0/s1. The molecule has 0 saturated heterocycles. The molecule has 12 nitrogen and oxygen atoms in total. The summed E-state index contributed by atoms with van der Waals surface area (Å²) in [5, 5.41) is 31.3. The van der Waals surface area contributed by atoms with Crippen LogP contribution in [0.5, 0.6) is 0 Å². The molecule has 0 aromatic carbocycles. The van der Waals surface area contributed by atoms with Crippen molar-refractivity contribution in [3.63, 3.8) is 0 Å². The van der Waals surface area contributed by atoms with E-state index in [1.54, 1.807) is 6.08 Å². The molecular formula is C45H74NO11P. The van der Waals surface area contributed by atoms with E-state index in [9.17, 15) is 34.4 Å². The lowest BCUT2D eigenvalue weighted by Crippen LogP contribution is -2.29. The molecule has 0 spiro atoms. The topological polar surface area (TPSA) is 195 Å². The Kier molecular flexibility index (Phi) is 31.9. The highest BCUT2D eigenvalue weighted by molar-refractivity contribution is 7.47. The number of aliphatic hydroxyl groups is 3. The summed E-state index contributed by atoms with van der Waals surface area (Å²) >= 11 is 0. The van der Waals surface area contributed by atoms with E-state index < -0.39 is 50.8 Å². The van der Waals surface area contributed by atoms with Crippen molar-refractivity contribution < 1.29 is 52.9 Å². The normalized spacial score (nSPS) is 21.2. The molecule has 1 aliphatic carbocycles. The Morgan fingerprint density at radius 3 is 1.95 bits per heavy atom. The lowest BCUT2D eigenvalue weighted by atomic mass is 9.89. The Morgan fingerprint density at radius 2 is 1.34 bits per heavy atom. The van der Waals surface area contributed by atoms with Gasteiger partial charge < -0.3 is 35.4 Å². The third-order valence-electron chi connectivity index (χ3n) is 9.33. The van der Waals surface area contributed by atoms with Crippen LogP contribution in [0.3, 0.4) is 0 Å². The van der Waals surface area contributed by atoms with E-state index in [1.807, 2.05) is 30.4 Å². The number of ether oxygens (including phenoxy) is 2. The number of phosphoric acid groups is 1. The van der Waals surface area contributed by atoms with Crippen LogP contribution in [0.1, 0.15) is 123 Å². The average Bonchev–Trinajstić information content (AvgIpc) is 3.47. The van der Waals surface area contributed by atoms with Gasteiger partial charge >= 0.3 is 19.8 Å². The second-order valence-corrected chi connectivity index (χ2v) is 15.9. The van der Waals surface area contributed by atoms with Crippen LogP contribution in [-0.4, -0.2) is 82.9 Å². The van der Waals surface area contributed by atoms with Crippen molar-refractivity contribution >= 4 is 19.8 Å². The van der Waals surface area contributed by atoms with Crippen molar-refractivity contribution in [1.82, 2.24) is 0 Å². The van der Waals surface area contributed by atoms with E-state index >= 15 is 0 Å². The maximum absolute atomic E-state index is 12.7. The zero-order valence-corrected chi connectivity index (χ0v) is 36.0. The number of rotatable bonds is 34. The predicted octanol–water partition coefficient (Wildman–Crippen LogP) is 8.43. The van der Waals surface area contributed by atoms with Gasteiger partial charge in [-0.05, 0) is 76.5 Å². The second kappa shape index (κ2) is 34.9. The summed E-state index contributed by atoms with van der Waals surface area (Å²) in [7, 11) is -4.46. The summed E-state index contributed by atoms with van der Waals surface area (Å²) in [6, 6.07) is 0. The first-order chi connectivity index (χ1) is 28.0. The molecule has 1 saturated carbocycles. The second-order valence-electron chi connectivity index (χ2n) is 14.4. The molecule has 0 radical (unpaired) electrons. The van der Waals surface area contributed by atoms with Crippen LogP contribution in [0.25, 0.3) is 0 Å². The molecule has 1 fully saturated rings. The molecule has 0 aromatic heterocycles. The molecule has 1 unspecified atom stereocenters. The van der Waals surface area contributed by atoms with E-state index in [1.165, 1.54) is 0 Å². The van der Waals surface area contributed by atoms with Gasteiger partial charge in [0.15, 0.2) is 6.10 Å². The van der Waals surface area contributed by atoms with Crippen molar-refractivity contribution in [2.45, 2.75) is 147 Å². The van der Waals surface area contributed by atoms with Crippen LogP contribution in [-0.2, 0) is 32.7 Å². The van der Waals surface area contributed by atoms with Gasteiger partial charge in [0.1, 0.15) is 6.61 Å². The van der Waals surface area contributed by atoms with Gasteiger partial charge in [0.2, 0.25) is 0 Å². The van der Waals surface area contributed by atoms with Gasteiger partial charge in [0.05, 0.1) is 31.5 Å². The lowest BCUT2D eigenvalue weighted by Gasteiger charge is -2.20. The Labute approximate surface area is 348 Å². The molecule has 0 aromatic rings. The molecule has 1 aliphatic rings. The molecule has 0 bridgehead atoms. The van der Waals surface area contributed by atoms with Gasteiger partial charge in [-0.15, -0.1) is 0 Å². The number of unbranched alkanes of at least 4 members (excludes halogenated alkanes) is 4. The summed E-state index contributed by atoms with van der Waals surface area (Å²) in [4.78, 5) is 35.0. The van der Waals surface area contributed by atoms with Crippen LogP contribution < -0.4 is 5.73 Å². The van der Waals surface area contributed by atoms with Crippen LogP contribution in [0.2, 0.25) is 0 Å². The van der Waals surface area contributed by atoms with Gasteiger partial charge in [0, 0.05) is 31.7 Å². The van der Waals surface area contributed by atoms with E-state index in [0.29, 0.717) is 38.5 Å². The first-order valence-corrected chi connectivity index (χ1v) is 22.8. The minimum Gasteiger partial charge on any atom is -0.462 e. The highest BCUT2D eigenvalue weighted by Crippen LogP contribution is 2.43. The third-order valence-corrected chi connectivity index (χ3v) is 10.3. The fraction of sp³-hybridized carbons (Fsp3) is 0.644. The number of phosphoric ester groups is 1. The van der Waals surface area contributed by atoms with Gasteiger partial charge in [-0.2, -0.15) is 0 Å². The Balaban J connectivity index is 2.47. The molecule has 6 N–H and O–H groups in total. The Hall–Kier alpha value is -2.93. The minimum absolute atomic E-state index is 0.00214. The number of nitrogens with two attached hydrogens (primary N) is 1. The first kappa shape index (κ1) is 53.1. The Bertz CT molecular complexity index is 1340. The number of carbonyl (C=O) groups excluding carboxylic acids is 2. The fourth-order valence-electron chi connectivity index (χ4n) is 6.13. The summed E-state index contributed by atoms with van der Waals surface area (Å²) < 4.78 is 32.7. The monoisotopic (exact) mass is 835 g/mol. The largest absolute Gasteiger partial charge is 0.472 e. The molecule has 58 heavy (non-hydrogen) atoms. The van der Waals surface area contributed by atoms with Gasteiger partial charge in [-0.3, -0.25) is 18.6 Å². The predicted molar refractivity (Wildman–Crippen MR) is 230 cm³/mol. The number of esters is 2. The smallest absolute Gasteiger partial charge is 0.462 e. The molecule has 0 aliphatic heterocycles. The van der Waals surface area contributed by atoms with Crippen molar-refractivity contribution in [3.05, 3.63) is 85.1 Å². The van der Waals surface area contributed by atoms with E-state index in [2.05, 4.69) is 62.5 Å². The molecule has 13 heteroatoms. The summed E-state index contributed by atoms with van der Waals surface area (Å²) in [5.74, 6) is -1.54. The first-order valence-electron chi connectivity index (χ1n) is 21.3. The number of aliphatic hydroxyl groups excluding tert-OH is 3. The van der Waals surface area contributed by atoms with Crippen LogP contribution in [0.4, 0.5) is 0 Å². The van der Waals surface area contributed by atoms with Gasteiger partial charge in [-0.1, -0.05) is 118 Å². The van der Waals surface area contributed by atoms with Crippen LogP contribution in [0, 0.1) is 11.8 Å². The zero-order chi connectivity index (χ0) is 42.7. The maximum atomic E-state index is 12.7. The molecule has 330 valence electrons. The number of carbonyl (C=O) groups is 2. The lowest BCUT2D eigenvalue weighted by molar-refractivity contribution is -0.161. The summed E-state index contributed by atoms with van der Waals surface area (Å²) in [6.45, 7) is 3.14. The molecule has 1 rings (SSSR count). The Morgan fingerprint density at radius 1 is 0.759 bits per heavy atom. The molecular weight excluding hydrogens is 761 g/mol.